The second-order valence-corrected chi connectivity index (χ2v) is 3.62. The quantitative estimate of drug-likeness (QED) is 0.595. The minimum Gasteiger partial charge on any atom is -0.226 e. The Morgan fingerprint density at radius 2 is 1.56 bits per heavy atom. The SMILES string of the molecule is CS(=O)(=O)C(F)C(F)F. The van der Waals surface area contributed by atoms with E-state index in [-0.39, 0.29) is 0 Å². The number of halogens is 3. The Labute approximate surface area is 50.6 Å². The van der Waals surface area contributed by atoms with Crippen molar-refractivity contribution >= 4 is 9.84 Å². The number of alkyl halides is 3. The molecule has 0 fully saturated rings. The molecule has 0 aromatic rings. The van der Waals surface area contributed by atoms with Crippen molar-refractivity contribution < 1.29 is 21.6 Å². The van der Waals surface area contributed by atoms with Gasteiger partial charge >= 0.3 is 0 Å². The molecule has 1 atom stereocenters. The molecule has 0 saturated heterocycles. The highest BCUT2D eigenvalue weighted by Gasteiger charge is 2.29. The molecule has 56 valence electrons. The molecule has 6 heteroatoms. The highest BCUT2D eigenvalue weighted by atomic mass is 32.2. The molecule has 0 saturated carbocycles. The monoisotopic (exact) mass is 162 g/mol. The predicted octanol–water partition coefficient (Wildman–Crippen LogP) is 0.592. The summed E-state index contributed by atoms with van der Waals surface area (Å²) < 4.78 is 53.9. The molecule has 9 heavy (non-hydrogen) atoms. The molecule has 0 radical (unpaired) electrons. The Hall–Kier alpha value is -0.260. The van der Waals surface area contributed by atoms with Crippen molar-refractivity contribution in [1.29, 1.82) is 0 Å². The summed E-state index contributed by atoms with van der Waals surface area (Å²) in [5, 5.41) is 0. The summed E-state index contributed by atoms with van der Waals surface area (Å²) in [5.41, 5.74) is -3.04. The third kappa shape index (κ3) is 2.69. The van der Waals surface area contributed by atoms with Gasteiger partial charge in [0.15, 0.2) is 9.84 Å². The van der Waals surface area contributed by atoms with E-state index in [1.807, 2.05) is 0 Å². The van der Waals surface area contributed by atoms with Crippen LogP contribution >= 0.6 is 0 Å². The van der Waals surface area contributed by atoms with Crippen molar-refractivity contribution in [1.82, 2.24) is 0 Å². The van der Waals surface area contributed by atoms with Crippen molar-refractivity contribution in [2.24, 2.45) is 0 Å². The lowest BCUT2D eigenvalue weighted by Gasteiger charge is -2.01. The number of hydrogen-bond acceptors (Lipinski definition) is 2. The summed E-state index contributed by atoms with van der Waals surface area (Å²) in [6, 6.07) is 0. The van der Waals surface area contributed by atoms with Crippen LogP contribution < -0.4 is 0 Å². The van der Waals surface area contributed by atoms with Gasteiger partial charge in [0.2, 0.25) is 0 Å². The van der Waals surface area contributed by atoms with E-state index in [1.165, 1.54) is 0 Å². The van der Waals surface area contributed by atoms with Crippen LogP contribution in [-0.2, 0) is 9.84 Å². The second kappa shape index (κ2) is 2.55. The van der Waals surface area contributed by atoms with Crippen molar-refractivity contribution in [3.05, 3.63) is 0 Å². The van der Waals surface area contributed by atoms with Gasteiger partial charge in [-0.1, -0.05) is 0 Å². The van der Waals surface area contributed by atoms with E-state index in [4.69, 9.17) is 0 Å². The van der Waals surface area contributed by atoms with Gasteiger partial charge in [0.05, 0.1) is 0 Å². The van der Waals surface area contributed by atoms with Crippen LogP contribution in [0.3, 0.4) is 0 Å². The zero-order valence-corrected chi connectivity index (χ0v) is 5.33. The standard InChI is InChI=1S/C3H5F3O2S/c1-9(7,8)3(6)2(4)5/h2-3H,1H3. The lowest BCUT2D eigenvalue weighted by atomic mass is 10.8. The van der Waals surface area contributed by atoms with Crippen LogP contribution in [0.4, 0.5) is 13.2 Å². The summed E-state index contributed by atoms with van der Waals surface area (Å²) in [7, 11) is -4.22. The van der Waals surface area contributed by atoms with Crippen molar-refractivity contribution in [3.63, 3.8) is 0 Å². The van der Waals surface area contributed by atoms with Gasteiger partial charge in [-0.2, -0.15) is 0 Å². The normalized spacial score (nSPS) is 16.1. The molecule has 0 aliphatic heterocycles. The van der Waals surface area contributed by atoms with E-state index in [1.54, 1.807) is 0 Å². The zero-order valence-electron chi connectivity index (χ0n) is 4.51. The fourth-order valence-electron chi connectivity index (χ4n) is 0.187. The molecule has 2 nitrogen and oxygen atoms in total. The summed E-state index contributed by atoms with van der Waals surface area (Å²) in [6.07, 6.45) is -3.02. The van der Waals surface area contributed by atoms with E-state index < -0.39 is 21.8 Å². The molecule has 0 rings (SSSR count). The van der Waals surface area contributed by atoms with Crippen molar-refractivity contribution in [2.45, 2.75) is 11.9 Å². The number of sulfone groups is 1. The van der Waals surface area contributed by atoms with Crippen LogP contribution in [0, 0.1) is 0 Å². The molecule has 0 spiro atoms. The molecular formula is C3H5F3O2S. The average Bonchev–Trinajstić information content (AvgIpc) is 1.62. The molecule has 1 unspecified atom stereocenters. The van der Waals surface area contributed by atoms with E-state index in [2.05, 4.69) is 0 Å². The van der Waals surface area contributed by atoms with Crippen molar-refractivity contribution in [2.75, 3.05) is 6.26 Å². The van der Waals surface area contributed by atoms with Gasteiger partial charge < -0.3 is 0 Å². The first kappa shape index (κ1) is 8.74. The van der Waals surface area contributed by atoms with E-state index >= 15 is 0 Å². The van der Waals surface area contributed by atoms with Crippen LogP contribution in [0.25, 0.3) is 0 Å². The third-order valence-electron chi connectivity index (χ3n) is 0.607. The lowest BCUT2D eigenvalue weighted by molar-refractivity contribution is 0.0906. The fraction of sp³-hybridized carbons (Fsp3) is 1.00. The summed E-state index contributed by atoms with van der Waals surface area (Å²) in [5.74, 6) is 0. The zero-order chi connectivity index (χ0) is 7.65. The van der Waals surface area contributed by atoms with Gasteiger partial charge in [-0.3, -0.25) is 0 Å². The van der Waals surface area contributed by atoms with E-state index in [9.17, 15) is 21.6 Å². The van der Waals surface area contributed by atoms with Gasteiger partial charge in [-0.15, -0.1) is 0 Å². The lowest BCUT2D eigenvalue weighted by Crippen LogP contribution is -2.22. The summed E-state index contributed by atoms with van der Waals surface area (Å²) in [4.78, 5) is 0. The first-order valence-corrected chi connectivity index (χ1v) is 3.92. The van der Waals surface area contributed by atoms with Gasteiger partial charge in [0.25, 0.3) is 11.9 Å². The predicted molar refractivity (Wildman–Crippen MR) is 25.7 cm³/mol. The fourth-order valence-corrected chi connectivity index (χ4v) is 0.561. The maximum atomic E-state index is 11.7. The summed E-state index contributed by atoms with van der Waals surface area (Å²) >= 11 is 0. The molecule has 0 aliphatic carbocycles. The minimum atomic E-state index is -4.22. The van der Waals surface area contributed by atoms with E-state index in [0.29, 0.717) is 6.26 Å². The Morgan fingerprint density at radius 1 is 1.22 bits per heavy atom. The average molecular weight is 162 g/mol. The molecule has 0 bridgehead atoms. The Balaban J connectivity index is 4.24. The largest absolute Gasteiger partial charge is 0.283 e. The van der Waals surface area contributed by atoms with Gasteiger partial charge in [-0.25, -0.2) is 21.6 Å². The second-order valence-electron chi connectivity index (χ2n) is 1.52. The smallest absolute Gasteiger partial charge is 0.226 e. The first-order valence-electron chi connectivity index (χ1n) is 1.97. The van der Waals surface area contributed by atoms with Gasteiger partial charge in [-0.05, 0) is 0 Å². The maximum absolute atomic E-state index is 11.7. The van der Waals surface area contributed by atoms with E-state index in [0.717, 1.165) is 0 Å². The molecule has 0 aromatic carbocycles. The van der Waals surface area contributed by atoms with Crippen LogP contribution in [0.2, 0.25) is 0 Å². The Bertz CT molecular complexity index is 173. The van der Waals surface area contributed by atoms with Crippen LogP contribution in [0.5, 0.6) is 0 Å². The first-order chi connectivity index (χ1) is 3.85. The topological polar surface area (TPSA) is 34.1 Å². The van der Waals surface area contributed by atoms with Crippen LogP contribution in [-0.4, -0.2) is 26.6 Å². The van der Waals surface area contributed by atoms with Crippen LogP contribution in [0.1, 0.15) is 0 Å². The highest BCUT2D eigenvalue weighted by Crippen LogP contribution is 2.10. The Morgan fingerprint density at radius 3 is 1.56 bits per heavy atom. The molecule has 0 N–H and O–H groups in total. The van der Waals surface area contributed by atoms with Crippen molar-refractivity contribution in [3.8, 4) is 0 Å². The molecule has 0 heterocycles. The maximum Gasteiger partial charge on any atom is 0.283 e. The third-order valence-corrected chi connectivity index (χ3v) is 1.63. The Kier molecular flexibility index (Phi) is 2.48. The van der Waals surface area contributed by atoms with Crippen LogP contribution in [0.15, 0.2) is 0 Å². The highest BCUT2D eigenvalue weighted by molar-refractivity contribution is 7.91. The molecule has 0 amide bonds. The van der Waals surface area contributed by atoms with Gasteiger partial charge in [0, 0.05) is 6.26 Å². The summed E-state index contributed by atoms with van der Waals surface area (Å²) in [6.45, 7) is 0. The minimum absolute atomic E-state index is 0.420. The number of rotatable bonds is 2. The molecular weight excluding hydrogens is 157 g/mol. The van der Waals surface area contributed by atoms with Gasteiger partial charge in [0.1, 0.15) is 0 Å². The molecule has 0 aromatic heterocycles. The molecule has 0 aliphatic rings. The number of hydrogen-bond donors (Lipinski definition) is 0.